The molecule has 0 bridgehead atoms. The highest BCUT2D eigenvalue weighted by molar-refractivity contribution is 6.31. The molecule has 0 aliphatic carbocycles. The fourth-order valence-corrected chi connectivity index (χ4v) is 5.92. The van der Waals surface area contributed by atoms with E-state index in [1.807, 2.05) is 53.4 Å². The van der Waals surface area contributed by atoms with E-state index in [1.54, 1.807) is 43.7 Å². The summed E-state index contributed by atoms with van der Waals surface area (Å²) in [6.07, 6.45) is 5.89. The first kappa shape index (κ1) is 38.2. The second-order valence-corrected chi connectivity index (χ2v) is 12.8. The Labute approximate surface area is 317 Å². The topological polar surface area (TPSA) is 73.4 Å². The Kier molecular flexibility index (Phi) is 14.0. The van der Waals surface area contributed by atoms with Crippen molar-refractivity contribution in [3.63, 3.8) is 0 Å². The number of hydrogen-bond acceptors (Lipinski definition) is 7. The molecule has 270 valence electrons. The first-order valence-electron chi connectivity index (χ1n) is 17.1. The van der Waals surface area contributed by atoms with Crippen LogP contribution in [0.1, 0.15) is 27.8 Å². The number of carbonyl (C=O) groups is 1. The molecular formula is C42H43Cl2N3O5. The van der Waals surface area contributed by atoms with Crippen molar-refractivity contribution in [3.8, 4) is 28.9 Å². The number of amides is 1. The van der Waals surface area contributed by atoms with Crippen molar-refractivity contribution in [3.05, 3.63) is 148 Å². The number of nitrogens with zero attached hydrogens (tertiary/aromatic N) is 3. The van der Waals surface area contributed by atoms with Crippen LogP contribution in [0.3, 0.4) is 0 Å². The smallest absolute Gasteiger partial charge is 0.246 e. The third kappa shape index (κ3) is 11.0. The number of benzene rings is 4. The van der Waals surface area contributed by atoms with Gasteiger partial charge in [0.15, 0.2) is 11.5 Å². The summed E-state index contributed by atoms with van der Waals surface area (Å²) < 4.78 is 23.3. The molecule has 10 heteroatoms. The van der Waals surface area contributed by atoms with Crippen molar-refractivity contribution >= 4 is 36.0 Å². The van der Waals surface area contributed by atoms with Gasteiger partial charge in [-0.15, -0.1) is 12.4 Å². The Morgan fingerprint density at radius 1 is 0.827 bits per heavy atom. The normalized spacial score (nSPS) is 13.0. The van der Waals surface area contributed by atoms with E-state index < -0.39 is 0 Å². The van der Waals surface area contributed by atoms with Gasteiger partial charge in [0.2, 0.25) is 11.8 Å². The van der Waals surface area contributed by atoms with Crippen molar-refractivity contribution in [1.29, 1.82) is 0 Å². The first-order chi connectivity index (χ1) is 24.9. The van der Waals surface area contributed by atoms with Gasteiger partial charge in [0, 0.05) is 61.9 Å². The van der Waals surface area contributed by atoms with Crippen LogP contribution in [0.2, 0.25) is 5.02 Å². The minimum absolute atomic E-state index is 0. The lowest BCUT2D eigenvalue weighted by atomic mass is 10.1. The predicted octanol–water partition coefficient (Wildman–Crippen LogP) is 8.82. The third-order valence-corrected chi connectivity index (χ3v) is 9.01. The molecule has 1 amide bonds. The Morgan fingerprint density at radius 2 is 1.62 bits per heavy atom. The largest absolute Gasteiger partial charge is 0.493 e. The van der Waals surface area contributed by atoms with E-state index in [0.29, 0.717) is 54.5 Å². The van der Waals surface area contributed by atoms with Crippen LogP contribution in [0.5, 0.6) is 28.9 Å². The molecule has 6 rings (SSSR count). The summed E-state index contributed by atoms with van der Waals surface area (Å²) in [6, 6.07) is 33.5. The maximum Gasteiger partial charge on any atom is 0.246 e. The van der Waals surface area contributed by atoms with Crippen LogP contribution in [0.4, 0.5) is 0 Å². The van der Waals surface area contributed by atoms with Crippen molar-refractivity contribution in [1.82, 2.24) is 14.8 Å². The van der Waals surface area contributed by atoms with E-state index in [4.69, 9.17) is 30.5 Å². The van der Waals surface area contributed by atoms with Gasteiger partial charge in [-0.05, 0) is 71.7 Å². The van der Waals surface area contributed by atoms with Crippen molar-refractivity contribution in [2.75, 3.05) is 39.9 Å². The predicted molar refractivity (Wildman–Crippen MR) is 208 cm³/mol. The monoisotopic (exact) mass is 739 g/mol. The van der Waals surface area contributed by atoms with E-state index in [9.17, 15) is 4.79 Å². The molecule has 0 N–H and O–H groups in total. The van der Waals surface area contributed by atoms with Crippen LogP contribution in [-0.4, -0.2) is 60.6 Å². The first-order valence-corrected chi connectivity index (χ1v) is 17.4. The second kappa shape index (κ2) is 19.0. The molecule has 1 aromatic heterocycles. The maximum absolute atomic E-state index is 13.0. The van der Waals surface area contributed by atoms with Gasteiger partial charge in [-0.3, -0.25) is 9.69 Å². The number of piperazine rings is 1. The summed E-state index contributed by atoms with van der Waals surface area (Å²) >= 11 is 6.22. The van der Waals surface area contributed by atoms with Gasteiger partial charge in [0.25, 0.3) is 0 Å². The number of halogens is 2. The fraction of sp³-hybridized carbons (Fsp3) is 0.238. The standard InChI is InChI=1S/C42H42ClN3O5.ClH/c1-31-6-5-8-36(26-31)49-25-20-32-10-12-34(13-11-32)29-45-21-23-46(24-22-45)42(47)19-15-33-14-17-39(40(27-33)48-2)51-41-18-16-37(28-44-41)50-30-35-7-3-4-9-38(35)43;/h3-19,26-28H,20-25,29-30H2,1-2H3;1H. The Hall–Kier alpha value is -5.02. The number of carbonyl (C=O) groups excluding carboxylic acids is 1. The molecule has 0 unspecified atom stereocenters. The van der Waals surface area contributed by atoms with Gasteiger partial charge >= 0.3 is 0 Å². The molecule has 0 radical (unpaired) electrons. The summed E-state index contributed by atoms with van der Waals surface area (Å²) in [4.78, 5) is 21.7. The van der Waals surface area contributed by atoms with Crippen molar-refractivity contribution in [2.24, 2.45) is 0 Å². The number of aromatic nitrogens is 1. The van der Waals surface area contributed by atoms with E-state index >= 15 is 0 Å². The molecule has 1 aliphatic heterocycles. The van der Waals surface area contributed by atoms with Crippen LogP contribution in [-0.2, 0) is 24.4 Å². The number of hydrogen-bond donors (Lipinski definition) is 0. The SMILES string of the molecule is COc1cc(C=CC(=O)N2CCN(Cc3ccc(CCOc4cccc(C)c4)cc3)CC2)ccc1Oc1ccc(OCc2ccccc2Cl)cn1.Cl. The van der Waals surface area contributed by atoms with Crippen LogP contribution in [0.15, 0.2) is 115 Å². The van der Waals surface area contributed by atoms with Crippen LogP contribution in [0, 0.1) is 6.92 Å². The highest BCUT2D eigenvalue weighted by Crippen LogP contribution is 2.32. The zero-order valence-electron chi connectivity index (χ0n) is 29.4. The Morgan fingerprint density at radius 3 is 2.35 bits per heavy atom. The van der Waals surface area contributed by atoms with Gasteiger partial charge in [0.1, 0.15) is 18.1 Å². The zero-order chi connectivity index (χ0) is 35.4. The summed E-state index contributed by atoms with van der Waals surface area (Å²) in [5.41, 5.74) is 5.45. The van der Waals surface area contributed by atoms with Crippen LogP contribution in [0.25, 0.3) is 6.08 Å². The molecule has 0 saturated carbocycles. The van der Waals surface area contributed by atoms with E-state index in [2.05, 4.69) is 53.2 Å². The number of pyridine rings is 1. The Bertz CT molecular complexity index is 1930. The van der Waals surface area contributed by atoms with Crippen molar-refractivity contribution < 1.29 is 23.7 Å². The average Bonchev–Trinajstić information content (AvgIpc) is 3.15. The lowest BCUT2D eigenvalue weighted by Gasteiger charge is -2.34. The molecule has 2 heterocycles. The highest BCUT2D eigenvalue weighted by atomic mass is 35.5. The molecule has 52 heavy (non-hydrogen) atoms. The van der Waals surface area contributed by atoms with Gasteiger partial charge in [0.05, 0.1) is 19.9 Å². The number of ether oxygens (including phenoxy) is 4. The second-order valence-electron chi connectivity index (χ2n) is 12.4. The molecule has 5 aromatic rings. The van der Waals surface area contributed by atoms with Crippen molar-refractivity contribution in [2.45, 2.75) is 26.5 Å². The minimum atomic E-state index is -0.00720. The lowest BCUT2D eigenvalue weighted by molar-refractivity contribution is -0.127. The minimum Gasteiger partial charge on any atom is -0.493 e. The van der Waals surface area contributed by atoms with Crippen LogP contribution < -0.4 is 18.9 Å². The molecule has 1 aliphatic rings. The maximum atomic E-state index is 13.0. The summed E-state index contributed by atoms with van der Waals surface area (Å²) in [7, 11) is 1.58. The zero-order valence-corrected chi connectivity index (χ0v) is 30.9. The molecule has 0 spiro atoms. The third-order valence-electron chi connectivity index (χ3n) is 8.64. The molecule has 1 saturated heterocycles. The number of aryl methyl sites for hydroxylation is 1. The summed E-state index contributed by atoms with van der Waals surface area (Å²) in [6.45, 7) is 6.95. The molecule has 1 fully saturated rings. The van der Waals surface area contributed by atoms with Gasteiger partial charge in [-0.2, -0.15) is 0 Å². The number of methoxy groups -OCH3 is 1. The average molecular weight is 741 g/mol. The van der Waals surface area contributed by atoms with E-state index in [1.165, 1.54) is 16.7 Å². The van der Waals surface area contributed by atoms with E-state index in [0.717, 1.165) is 42.9 Å². The fourth-order valence-electron chi connectivity index (χ4n) is 5.73. The summed E-state index contributed by atoms with van der Waals surface area (Å²) in [5.74, 6) is 2.94. The van der Waals surface area contributed by atoms with Crippen LogP contribution >= 0.6 is 24.0 Å². The number of rotatable bonds is 14. The molecule has 8 nitrogen and oxygen atoms in total. The molecule has 0 atom stereocenters. The van der Waals surface area contributed by atoms with Gasteiger partial charge in [-0.1, -0.05) is 72.3 Å². The summed E-state index contributed by atoms with van der Waals surface area (Å²) in [5, 5.41) is 0.657. The van der Waals surface area contributed by atoms with E-state index in [-0.39, 0.29) is 18.3 Å². The quantitative estimate of drug-likeness (QED) is 0.105. The Balaban J connectivity index is 0.00000523. The molecular weight excluding hydrogens is 697 g/mol. The lowest BCUT2D eigenvalue weighted by Crippen LogP contribution is -2.47. The molecule has 4 aromatic carbocycles. The van der Waals surface area contributed by atoms with Gasteiger partial charge < -0.3 is 23.8 Å². The van der Waals surface area contributed by atoms with Gasteiger partial charge in [-0.25, -0.2) is 4.98 Å². The highest BCUT2D eigenvalue weighted by Gasteiger charge is 2.20.